The van der Waals surface area contributed by atoms with Gasteiger partial charge >= 0.3 is 0 Å². The third kappa shape index (κ3) is 3.45. The molecule has 0 radical (unpaired) electrons. The van der Waals surface area contributed by atoms with Crippen LogP contribution in [0.25, 0.3) is 32.7 Å². The Morgan fingerprint density at radius 1 is 0.966 bits per heavy atom. The van der Waals surface area contributed by atoms with Crippen LogP contribution in [-0.4, -0.2) is 54.4 Å². The molecule has 2 aromatic heterocycles. The molecule has 0 N–H and O–H groups in total. The van der Waals surface area contributed by atoms with Crippen LogP contribution < -0.4 is 4.74 Å². The number of pyridine rings is 1. The van der Waals surface area contributed by atoms with Gasteiger partial charge in [-0.25, -0.2) is 0 Å². The van der Waals surface area contributed by atoms with E-state index in [9.17, 15) is 0 Å². The maximum atomic E-state index is 5.49. The molecule has 3 heterocycles. The minimum absolute atomic E-state index is 0.869. The van der Waals surface area contributed by atoms with Gasteiger partial charge in [0.25, 0.3) is 0 Å². The van der Waals surface area contributed by atoms with Crippen molar-refractivity contribution < 1.29 is 9.47 Å². The molecule has 5 heteroatoms. The summed E-state index contributed by atoms with van der Waals surface area (Å²) in [5.74, 6) is 0.886. The summed E-state index contributed by atoms with van der Waals surface area (Å²) in [6.45, 7) is 6.01. The molecule has 1 saturated heterocycles. The molecule has 1 aliphatic heterocycles. The second-order valence-electron chi connectivity index (χ2n) is 7.73. The fourth-order valence-corrected chi connectivity index (χ4v) is 4.49. The fraction of sp³-hybridized carbons (Fsp3) is 0.375. The quantitative estimate of drug-likeness (QED) is 0.456. The molecule has 5 rings (SSSR count). The number of aromatic nitrogens is 2. The zero-order valence-corrected chi connectivity index (χ0v) is 16.9. The molecule has 5 nitrogen and oxygen atoms in total. The number of morpholine rings is 1. The molecule has 0 spiro atoms. The summed E-state index contributed by atoms with van der Waals surface area (Å²) in [5, 5.41) is 3.63. The zero-order valence-electron chi connectivity index (χ0n) is 16.9. The summed E-state index contributed by atoms with van der Waals surface area (Å²) in [4.78, 5) is 7.23. The number of hydrogen-bond acceptors (Lipinski definition) is 4. The number of para-hydroxylation sites is 1. The Hall–Kier alpha value is -2.63. The first-order valence-corrected chi connectivity index (χ1v) is 10.5. The molecule has 1 fully saturated rings. The maximum absolute atomic E-state index is 5.49. The third-order valence-corrected chi connectivity index (χ3v) is 6.01. The molecule has 0 atom stereocenters. The van der Waals surface area contributed by atoms with E-state index in [4.69, 9.17) is 14.5 Å². The third-order valence-electron chi connectivity index (χ3n) is 6.01. The first-order chi connectivity index (χ1) is 14.3. The van der Waals surface area contributed by atoms with Crippen LogP contribution in [0, 0.1) is 0 Å². The Morgan fingerprint density at radius 3 is 2.66 bits per heavy atom. The topological polar surface area (TPSA) is 39.5 Å². The van der Waals surface area contributed by atoms with Crippen molar-refractivity contribution in [3.8, 4) is 5.75 Å². The fourth-order valence-electron chi connectivity index (χ4n) is 4.49. The highest BCUT2D eigenvalue weighted by Crippen LogP contribution is 2.35. The Labute approximate surface area is 170 Å². The lowest BCUT2D eigenvalue weighted by Crippen LogP contribution is -2.36. The van der Waals surface area contributed by atoms with E-state index < -0.39 is 0 Å². The van der Waals surface area contributed by atoms with Gasteiger partial charge in [0.1, 0.15) is 5.75 Å². The lowest BCUT2D eigenvalue weighted by Gasteiger charge is -2.26. The molecule has 0 saturated carbocycles. The molecule has 150 valence electrons. The molecular weight excluding hydrogens is 362 g/mol. The van der Waals surface area contributed by atoms with Gasteiger partial charge in [-0.3, -0.25) is 9.88 Å². The highest BCUT2D eigenvalue weighted by Gasteiger charge is 2.15. The van der Waals surface area contributed by atoms with Crippen LogP contribution in [0.15, 0.2) is 48.7 Å². The molecule has 0 aliphatic carbocycles. The van der Waals surface area contributed by atoms with E-state index in [0.717, 1.165) is 57.1 Å². The number of ether oxygens (including phenoxy) is 2. The van der Waals surface area contributed by atoms with Crippen molar-refractivity contribution >= 4 is 32.7 Å². The standard InChI is InChI=1S/C24H27N3O2/c1-28-18-8-9-23-20(16-18)21-17-25-22-7-3-2-6-19(22)24(21)27(23)11-5-4-10-26-12-14-29-15-13-26/h2-3,6-9,16-17H,4-5,10-15H2,1H3. The first kappa shape index (κ1) is 18.4. The first-order valence-electron chi connectivity index (χ1n) is 10.5. The number of unbranched alkanes of at least 4 members (excludes halogenated alkanes) is 1. The molecule has 4 aromatic rings. The lowest BCUT2D eigenvalue weighted by molar-refractivity contribution is 0.0371. The van der Waals surface area contributed by atoms with Crippen LogP contribution in [0.1, 0.15) is 12.8 Å². The van der Waals surface area contributed by atoms with Crippen LogP contribution in [0.4, 0.5) is 0 Å². The summed E-state index contributed by atoms with van der Waals surface area (Å²) >= 11 is 0. The van der Waals surface area contributed by atoms with E-state index in [1.165, 1.54) is 33.6 Å². The summed E-state index contributed by atoms with van der Waals surface area (Å²) in [7, 11) is 1.72. The normalized spacial score (nSPS) is 15.5. The Kier molecular flexibility index (Phi) is 5.08. The predicted molar refractivity (Wildman–Crippen MR) is 118 cm³/mol. The number of fused-ring (bicyclic) bond motifs is 5. The van der Waals surface area contributed by atoms with E-state index in [0.29, 0.717) is 0 Å². The molecule has 0 bridgehead atoms. The molecular formula is C24H27N3O2. The largest absolute Gasteiger partial charge is 0.497 e. The van der Waals surface area contributed by atoms with Gasteiger partial charge in [-0.15, -0.1) is 0 Å². The number of hydrogen-bond donors (Lipinski definition) is 0. The van der Waals surface area contributed by atoms with Crippen molar-refractivity contribution in [2.24, 2.45) is 0 Å². The van der Waals surface area contributed by atoms with Gasteiger partial charge < -0.3 is 14.0 Å². The van der Waals surface area contributed by atoms with Crippen LogP contribution in [0.2, 0.25) is 0 Å². The van der Waals surface area contributed by atoms with Crippen molar-refractivity contribution in [2.45, 2.75) is 19.4 Å². The van der Waals surface area contributed by atoms with Crippen molar-refractivity contribution in [3.05, 3.63) is 48.7 Å². The number of methoxy groups -OCH3 is 1. The highest BCUT2D eigenvalue weighted by molar-refractivity contribution is 6.16. The van der Waals surface area contributed by atoms with Gasteiger partial charge in [-0.2, -0.15) is 0 Å². The average Bonchev–Trinajstić information content (AvgIpc) is 3.10. The highest BCUT2D eigenvalue weighted by atomic mass is 16.5. The number of benzene rings is 2. The second kappa shape index (κ2) is 8.01. The van der Waals surface area contributed by atoms with E-state index in [2.05, 4.69) is 51.9 Å². The van der Waals surface area contributed by atoms with Gasteiger partial charge in [0, 0.05) is 47.5 Å². The summed E-state index contributed by atoms with van der Waals surface area (Å²) in [6, 6.07) is 14.8. The SMILES string of the molecule is COc1ccc2c(c1)c1cnc3ccccc3c1n2CCCCN1CCOCC1. The van der Waals surface area contributed by atoms with Crippen molar-refractivity contribution in [1.82, 2.24) is 14.5 Å². The average molecular weight is 389 g/mol. The minimum atomic E-state index is 0.869. The van der Waals surface area contributed by atoms with Crippen molar-refractivity contribution in [3.63, 3.8) is 0 Å². The Balaban J connectivity index is 1.51. The van der Waals surface area contributed by atoms with Gasteiger partial charge in [-0.1, -0.05) is 18.2 Å². The summed E-state index contributed by atoms with van der Waals surface area (Å²) < 4.78 is 13.4. The van der Waals surface area contributed by atoms with E-state index in [1.807, 2.05) is 6.20 Å². The molecule has 1 aliphatic rings. The van der Waals surface area contributed by atoms with Crippen molar-refractivity contribution in [1.29, 1.82) is 0 Å². The second-order valence-corrected chi connectivity index (χ2v) is 7.73. The molecule has 0 amide bonds. The number of rotatable bonds is 6. The minimum Gasteiger partial charge on any atom is -0.497 e. The summed E-state index contributed by atoms with van der Waals surface area (Å²) in [5.41, 5.74) is 3.58. The zero-order chi connectivity index (χ0) is 19.6. The van der Waals surface area contributed by atoms with Crippen LogP contribution in [0.5, 0.6) is 5.75 Å². The van der Waals surface area contributed by atoms with E-state index in [1.54, 1.807) is 7.11 Å². The number of aryl methyl sites for hydroxylation is 1. The van der Waals surface area contributed by atoms with Crippen LogP contribution >= 0.6 is 0 Å². The molecule has 2 aromatic carbocycles. The predicted octanol–water partition coefficient (Wildman–Crippen LogP) is 4.46. The molecule has 0 unspecified atom stereocenters. The van der Waals surface area contributed by atoms with E-state index >= 15 is 0 Å². The van der Waals surface area contributed by atoms with Gasteiger partial charge in [0.05, 0.1) is 31.4 Å². The lowest BCUT2D eigenvalue weighted by atomic mass is 10.1. The Morgan fingerprint density at radius 2 is 1.79 bits per heavy atom. The number of nitrogens with zero attached hydrogens (tertiary/aromatic N) is 3. The monoisotopic (exact) mass is 389 g/mol. The van der Waals surface area contributed by atoms with E-state index in [-0.39, 0.29) is 0 Å². The van der Waals surface area contributed by atoms with Gasteiger partial charge in [-0.05, 0) is 43.7 Å². The van der Waals surface area contributed by atoms with Gasteiger partial charge in [0.15, 0.2) is 0 Å². The van der Waals surface area contributed by atoms with Gasteiger partial charge in [0.2, 0.25) is 0 Å². The smallest absolute Gasteiger partial charge is 0.119 e. The van der Waals surface area contributed by atoms with Crippen molar-refractivity contribution in [2.75, 3.05) is 40.0 Å². The maximum Gasteiger partial charge on any atom is 0.119 e. The Bertz CT molecular complexity index is 1150. The molecule has 29 heavy (non-hydrogen) atoms. The summed E-state index contributed by atoms with van der Waals surface area (Å²) in [6.07, 6.45) is 4.36. The van der Waals surface area contributed by atoms with Crippen LogP contribution in [0.3, 0.4) is 0 Å². The van der Waals surface area contributed by atoms with Crippen LogP contribution in [-0.2, 0) is 11.3 Å².